The molecular formula is C16H11F2N3O2. The SMILES string of the molecule is O=C(O)c1nnn(Cc2cccc(F)c2)c1-c1ccc(F)cc1. The van der Waals surface area contributed by atoms with Crippen molar-refractivity contribution >= 4 is 5.97 Å². The molecule has 0 amide bonds. The van der Waals surface area contributed by atoms with Crippen LogP contribution in [-0.2, 0) is 6.54 Å². The summed E-state index contributed by atoms with van der Waals surface area (Å²) in [6.07, 6.45) is 0. The van der Waals surface area contributed by atoms with Crippen LogP contribution in [0.4, 0.5) is 8.78 Å². The first kappa shape index (κ1) is 14.8. The van der Waals surface area contributed by atoms with Gasteiger partial charge in [-0.15, -0.1) is 5.10 Å². The summed E-state index contributed by atoms with van der Waals surface area (Å²) >= 11 is 0. The molecule has 0 saturated heterocycles. The zero-order valence-corrected chi connectivity index (χ0v) is 11.8. The number of benzene rings is 2. The topological polar surface area (TPSA) is 68.0 Å². The fraction of sp³-hybridized carbons (Fsp3) is 0.0625. The van der Waals surface area contributed by atoms with Crippen molar-refractivity contribution < 1.29 is 18.7 Å². The molecule has 0 bridgehead atoms. The predicted molar refractivity (Wildman–Crippen MR) is 77.9 cm³/mol. The van der Waals surface area contributed by atoms with Gasteiger partial charge in [-0.1, -0.05) is 17.3 Å². The molecule has 116 valence electrons. The lowest BCUT2D eigenvalue weighted by molar-refractivity contribution is 0.0691. The van der Waals surface area contributed by atoms with E-state index in [4.69, 9.17) is 0 Å². The summed E-state index contributed by atoms with van der Waals surface area (Å²) in [6.45, 7) is 0.144. The number of aromatic nitrogens is 3. The molecule has 0 radical (unpaired) electrons. The number of rotatable bonds is 4. The van der Waals surface area contributed by atoms with E-state index >= 15 is 0 Å². The molecule has 1 aromatic heterocycles. The highest BCUT2D eigenvalue weighted by molar-refractivity contribution is 5.92. The highest BCUT2D eigenvalue weighted by atomic mass is 19.1. The summed E-state index contributed by atoms with van der Waals surface area (Å²) in [5.74, 6) is -2.07. The maximum Gasteiger partial charge on any atom is 0.358 e. The van der Waals surface area contributed by atoms with Gasteiger partial charge in [-0.2, -0.15) is 0 Å². The summed E-state index contributed by atoms with van der Waals surface area (Å²) in [6, 6.07) is 11.2. The molecule has 1 heterocycles. The van der Waals surface area contributed by atoms with Gasteiger partial charge >= 0.3 is 5.97 Å². The summed E-state index contributed by atoms with van der Waals surface area (Å²) in [7, 11) is 0. The van der Waals surface area contributed by atoms with Crippen LogP contribution in [0.1, 0.15) is 16.1 Å². The van der Waals surface area contributed by atoms with Gasteiger partial charge in [0.15, 0.2) is 5.69 Å². The summed E-state index contributed by atoms with van der Waals surface area (Å²) in [5, 5.41) is 16.7. The van der Waals surface area contributed by atoms with Crippen LogP contribution in [0.15, 0.2) is 48.5 Å². The van der Waals surface area contributed by atoms with E-state index in [1.54, 1.807) is 12.1 Å². The average Bonchev–Trinajstić information content (AvgIpc) is 2.92. The van der Waals surface area contributed by atoms with Gasteiger partial charge in [0, 0.05) is 5.56 Å². The molecule has 5 nitrogen and oxygen atoms in total. The second-order valence-electron chi connectivity index (χ2n) is 4.89. The molecular weight excluding hydrogens is 304 g/mol. The van der Waals surface area contributed by atoms with Crippen LogP contribution in [-0.4, -0.2) is 26.1 Å². The number of nitrogens with zero attached hydrogens (tertiary/aromatic N) is 3. The molecule has 7 heteroatoms. The second-order valence-corrected chi connectivity index (χ2v) is 4.89. The number of aromatic carboxylic acids is 1. The van der Waals surface area contributed by atoms with Crippen molar-refractivity contribution in [2.45, 2.75) is 6.54 Å². The van der Waals surface area contributed by atoms with Gasteiger partial charge in [0.05, 0.1) is 6.54 Å². The maximum atomic E-state index is 13.3. The van der Waals surface area contributed by atoms with Gasteiger partial charge in [-0.3, -0.25) is 0 Å². The first-order valence-electron chi connectivity index (χ1n) is 6.72. The molecule has 0 atom stereocenters. The predicted octanol–water partition coefficient (Wildman–Crippen LogP) is 2.97. The second kappa shape index (κ2) is 5.96. The van der Waals surface area contributed by atoms with Crippen LogP contribution in [0.2, 0.25) is 0 Å². The molecule has 0 saturated carbocycles. The molecule has 2 aromatic carbocycles. The third-order valence-corrected chi connectivity index (χ3v) is 3.28. The quantitative estimate of drug-likeness (QED) is 0.803. The van der Waals surface area contributed by atoms with Crippen LogP contribution in [0.5, 0.6) is 0 Å². The highest BCUT2D eigenvalue weighted by Crippen LogP contribution is 2.23. The maximum absolute atomic E-state index is 13.3. The summed E-state index contributed by atoms with van der Waals surface area (Å²) in [5.41, 5.74) is 1.06. The lowest BCUT2D eigenvalue weighted by Crippen LogP contribution is -2.06. The molecule has 3 rings (SSSR count). The Kier molecular flexibility index (Phi) is 3.84. The van der Waals surface area contributed by atoms with Gasteiger partial charge in [-0.25, -0.2) is 18.3 Å². The van der Waals surface area contributed by atoms with Crippen LogP contribution in [0.25, 0.3) is 11.3 Å². The lowest BCUT2D eigenvalue weighted by Gasteiger charge is -2.08. The largest absolute Gasteiger partial charge is 0.476 e. The molecule has 1 N–H and O–H groups in total. The first-order chi connectivity index (χ1) is 11.0. The van der Waals surface area contributed by atoms with Gasteiger partial charge in [0.25, 0.3) is 0 Å². The van der Waals surface area contributed by atoms with Crippen molar-refractivity contribution in [2.24, 2.45) is 0 Å². The minimum absolute atomic E-state index is 0.144. The summed E-state index contributed by atoms with van der Waals surface area (Å²) in [4.78, 5) is 11.3. The number of carbonyl (C=O) groups is 1. The Hall–Kier alpha value is -3.09. The van der Waals surface area contributed by atoms with Crippen molar-refractivity contribution in [1.29, 1.82) is 0 Å². The average molecular weight is 315 g/mol. The van der Waals surface area contributed by atoms with Crippen LogP contribution >= 0.6 is 0 Å². The van der Waals surface area contributed by atoms with Gasteiger partial charge in [0.2, 0.25) is 0 Å². The van der Waals surface area contributed by atoms with E-state index in [0.29, 0.717) is 11.1 Å². The van der Waals surface area contributed by atoms with Crippen molar-refractivity contribution in [2.75, 3.05) is 0 Å². The van der Waals surface area contributed by atoms with E-state index < -0.39 is 17.6 Å². The number of hydrogen-bond acceptors (Lipinski definition) is 3. The zero-order chi connectivity index (χ0) is 16.4. The Morgan fingerprint density at radius 2 is 1.83 bits per heavy atom. The first-order valence-corrected chi connectivity index (χ1v) is 6.72. The Labute approximate surface area is 129 Å². The fourth-order valence-corrected chi connectivity index (χ4v) is 2.27. The van der Waals surface area contributed by atoms with E-state index in [1.807, 2.05) is 0 Å². The fourth-order valence-electron chi connectivity index (χ4n) is 2.27. The smallest absolute Gasteiger partial charge is 0.358 e. The number of hydrogen-bond donors (Lipinski definition) is 1. The molecule has 0 fully saturated rings. The van der Waals surface area contributed by atoms with Crippen molar-refractivity contribution in [3.8, 4) is 11.3 Å². The Morgan fingerprint density at radius 3 is 2.48 bits per heavy atom. The van der Waals surface area contributed by atoms with Crippen molar-refractivity contribution in [1.82, 2.24) is 15.0 Å². The van der Waals surface area contributed by atoms with E-state index in [9.17, 15) is 18.7 Å². The van der Waals surface area contributed by atoms with E-state index in [2.05, 4.69) is 10.3 Å². The molecule has 0 aliphatic carbocycles. The number of carboxylic acid groups (broad SMARTS) is 1. The molecule has 0 aliphatic heterocycles. The number of halogens is 2. The third kappa shape index (κ3) is 3.08. The molecule has 23 heavy (non-hydrogen) atoms. The Morgan fingerprint density at radius 1 is 1.09 bits per heavy atom. The molecule has 0 aliphatic rings. The molecule has 0 spiro atoms. The third-order valence-electron chi connectivity index (χ3n) is 3.28. The minimum atomic E-state index is -1.24. The van der Waals surface area contributed by atoms with Gasteiger partial charge < -0.3 is 5.11 Å². The van der Waals surface area contributed by atoms with E-state index in [-0.39, 0.29) is 17.9 Å². The van der Waals surface area contributed by atoms with Gasteiger partial charge in [-0.05, 0) is 42.0 Å². The molecule has 3 aromatic rings. The van der Waals surface area contributed by atoms with Crippen molar-refractivity contribution in [3.05, 3.63) is 71.4 Å². The van der Waals surface area contributed by atoms with E-state index in [0.717, 1.165) is 0 Å². The van der Waals surface area contributed by atoms with Crippen molar-refractivity contribution in [3.63, 3.8) is 0 Å². The minimum Gasteiger partial charge on any atom is -0.476 e. The van der Waals surface area contributed by atoms with E-state index in [1.165, 1.54) is 41.1 Å². The Balaban J connectivity index is 2.07. The Bertz CT molecular complexity index is 860. The monoisotopic (exact) mass is 315 g/mol. The molecule has 0 unspecified atom stereocenters. The van der Waals surface area contributed by atoms with Crippen LogP contribution < -0.4 is 0 Å². The number of carboxylic acids is 1. The highest BCUT2D eigenvalue weighted by Gasteiger charge is 2.20. The van der Waals surface area contributed by atoms with Crippen LogP contribution in [0.3, 0.4) is 0 Å². The summed E-state index contributed by atoms with van der Waals surface area (Å²) < 4.78 is 27.7. The van der Waals surface area contributed by atoms with Gasteiger partial charge in [0.1, 0.15) is 17.3 Å². The van der Waals surface area contributed by atoms with Crippen LogP contribution in [0, 0.1) is 11.6 Å². The normalized spacial score (nSPS) is 10.7. The zero-order valence-electron chi connectivity index (χ0n) is 11.8. The standard InChI is InChI=1S/C16H11F2N3O2/c17-12-6-4-11(5-7-12)15-14(16(22)23)19-20-21(15)9-10-2-1-3-13(18)8-10/h1-8H,9H2,(H,22,23). The lowest BCUT2D eigenvalue weighted by atomic mass is 10.1.